The molecule has 8 nitrogen and oxygen atoms in total. The third-order valence-corrected chi connectivity index (χ3v) is 5.19. The minimum absolute atomic E-state index is 0.127. The number of nitrogens with zero attached hydrogens (tertiary/aromatic N) is 6. The molecule has 4 rings (SSSR count). The van der Waals surface area contributed by atoms with Crippen molar-refractivity contribution in [2.24, 2.45) is 0 Å². The van der Waals surface area contributed by atoms with E-state index in [1.807, 2.05) is 0 Å². The van der Waals surface area contributed by atoms with Crippen molar-refractivity contribution in [1.82, 2.24) is 29.7 Å². The molecule has 1 saturated carbocycles. The van der Waals surface area contributed by atoms with Crippen LogP contribution >= 0.6 is 11.8 Å². The summed E-state index contributed by atoms with van der Waals surface area (Å²) in [5.74, 6) is 2.51. The highest BCUT2D eigenvalue weighted by molar-refractivity contribution is 7.98. The molecule has 3 aromatic rings. The van der Waals surface area contributed by atoms with Crippen molar-refractivity contribution < 1.29 is 4.39 Å². The second-order valence-corrected chi connectivity index (χ2v) is 7.89. The van der Waals surface area contributed by atoms with Gasteiger partial charge in [-0.05, 0) is 37.1 Å². The molecule has 0 spiro atoms. The van der Waals surface area contributed by atoms with Gasteiger partial charge >= 0.3 is 0 Å². The summed E-state index contributed by atoms with van der Waals surface area (Å²) in [6.07, 6.45) is 2.32. The maximum absolute atomic E-state index is 13.1. The third-order valence-electron chi connectivity index (χ3n) is 4.25. The fraction of sp³-hybridized carbons (Fsp3) is 0.389. The molecule has 0 unspecified atom stereocenters. The van der Waals surface area contributed by atoms with E-state index in [4.69, 9.17) is 5.73 Å². The van der Waals surface area contributed by atoms with E-state index in [0.29, 0.717) is 35.2 Å². The maximum atomic E-state index is 13.1. The monoisotopic (exact) mass is 400 g/mol. The molecule has 2 heterocycles. The van der Waals surface area contributed by atoms with Gasteiger partial charge < -0.3 is 15.6 Å². The lowest BCUT2D eigenvalue weighted by atomic mass is 10.2. The number of rotatable bonds is 7. The fourth-order valence-electron chi connectivity index (χ4n) is 2.81. The number of hydrogen-bond donors (Lipinski definition) is 2. The Morgan fingerprint density at radius 3 is 2.61 bits per heavy atom. The summed E-state index contributed by atoms with van der Waals surface area (Å²) in [4.78, 5) is 12.7. The maximum Gasteiger partial charge on any atom is 0.232 e. The number of aromatic nitrogens is 6. The predicted octanol–water partition coefficient (Wildman–Crippen LogP) is 3.68. The second-order valence-electron chi connectivity index (χ2n) is 6.95. The molecule has 28 heavy (non-hydrogen) atoms. The van der Waals surface area contributed by atoms with Gasteiger partial charge in [0.2, 0.25) is 11.9 Å². The van der Waals surface area contributed by atoms with Crippen molar-refractivity contribution in [2.75, 3.05) is 11.1 Å². The number of thioether (sulfide) groups is 1. The topological polar surface area (TPSA) is 107 Å². The molecule has 0 amide bonds. The zero-order valence-electron chi connectivity index (χ0n) is 15.6. The number of nitrogens with two attached hydrogens (primary N) is 1. The summed E-state index contributed by atoms with van der Waals surface area (Å²) in [7, 11) is 0. The van der Waals surface area contributed by atoms with E-state index in [1.54, 1.807) is 12.1 Å². The zero-order valence-corrected chi connectivity index (χ0v) is 16.4. The SMILES string of the molecule is CC(C)c1nnc(SCc2nc(N)nc(Nc3ccc(F)cc3)n2)n1C1CC1. The van der Waals surface area contributed by atoms with Gasteiger partial charge in [0, 0.05) is 17.6 Å². The van der Waals surface area contributed by atoms with Crippen LogP contribution in [-0.2, 0) is 5.75 Å². The molecule has 1 aliphatic carbocycles. The van der Waals surface area contributed by atoms with E-state index in [9.17, 15) is 4.39 Å². The molecular weight excluding hydrogens is 379 g/mol. The van der Waals surface area contributed by atoms with E-state index < -0.39 is 0 Å². The lowest BCUT2D eigenvalue weighted by Gasteiger charge is -2.11. The van der Waals surface area contributed by atoms with Crippen LogP contribution in [0.4, 0.5) is 22.0 Å². The van der Waals surface area contributed by atoms with Gasteiger partial charge in [-0.1, -0.05) is 25.6 Å². The minimum atomic E-state index is -0.307. The lowest BCUT2D eigenvalue weighted by Crippen LogP contribution is -2.07. The molecule has 1 fully saturated rings. The normalized spacial score (nSPS) is 13.9. The third kappa shape index (κ3) is 4.22. The number of nitrogens with one attached hydrogen (secondary N) is 1. The van der Waals surface area contributed by atoms with Crippen molar-refractivity contribution in [3.63, 3.8) is 0 Å². The molecule has 0 saturated heterocycles. The Hall–Kier alpha value is -2.75. The van der Waals surface area contributed by atoms with E-state index >= 15 is 0 Å². The van der Waals surface area contributed by atoms with Crippen molar-refractivity contribution in [2.45, 2.75) is 49.6 Å². The van der Waals surface area contributed by atoms with Crippen molar-refractivity contribution in [3.8, 4) is 0 Å². The molecule has 146 valence electrons. The number of anilines is 3. The first kappa shape index (κ1) is 18.6. The minimum Gasteiger partial charge on any atom is -0.368 e. The molecule has 0 radical (unpaired) electrons. The average molecular weight is 400 g/mol. The summed E-state index contributed by atoms with van der Waals surface area (Å²) in [5, 5.41) is 12.6. The largest absolute Gasteiger partial charge is 0.368 e. The van der Waals surface area contributed by atoms with Gasteiger partial charge in [-0.25, -0.2) is 4.39 Å². The van der Waals surface area contributed by atoms with Crippen molar-refractivity contribution >= 4 is 29.3 Å². The first-order valence-corrected chi connectivity index (χ1v) is 10.1. The highest BCUT2D eigenvalue weighted by Gasteiger charge is 2.30. The van der Waals surface area contributed by atoms with Gasteiger partial charge in [-0.15, -0.1) is 10.2 Å². The Balaban J connectivity index is 1.50. The summed E-state index contributed by atoms with van der Waals surface area (Å²) < 4.78 is 15.3. The van der Waals surface area contributed by atoms with Crippen LogP contribution in [0, 0.1) is 5.82 Å². The molecule has 10 heteroatoms. The van der Waals surface area contributed by atoms with Crippen LogP contribution in [0.5, 0.6) is 0 Å². The Morgan fingerprint density at radius 2 is 1.93 bits per heavy atom. The van der Waals surface area contributed by atoms with Gasteiger partial charge in [0.15, 0.2) is 5.16 Å². The smallest absolute Gasteiger partial charge is 0.232 e. The van der Waals surface area contributed by atoms with Gasteiger partial charge in [0.05, 0.1) is 5.75 Å². The van der Waals surface area contributed by atoms with Crippen LogP contribution in [0.2, 0.25) is 0 Å². The van der Waals surface area contributed by atoms with Crippen LogP contribution in [0.15, 0.2) is 29.4 Å². The highest BCUT2D eigenvalue weighted by Crippen LogP contribution is 2.40. The predicted molar refractivity (Wildman–Crippen MR) is 106 cm³/mol. The van der Waals surface area contributed by atoms with Gasteiger partial charge in [-0.3, -0.25) is 0 Å². The molecule has 1 aliphatic rings. The average Bonchev–Trinajstić information content (AvgIpc) is 3.40. The van der Waals surface area contributed by atoms with Gasteiger partial charge in [0.1, 0.15) is 17.5 Å². The zero-order chi connectivity index (χ0) is 19.7. The fourth-order valence-corrected chi connectivity index (χ4v) is 3.67. The van der Waals surface area contributed by atoms with E-state index in [0.717, 1.165) is 23.8 Å². The Bertz CT molecular complexity index is 968. The van der Waals surface area contributed by atoms with E-state index in [1.165, 1.54) is 23.9 Å². The quantitative estimate of drug-likeness (QED) is 0.578. The summed E-state index contributed by atoms with van der Waals surface area (Å²) in [5.41, 5.74) is 6.50. The standard InChI is InChI=1S/C18H21FN8S/c1-10(2)15-25-26-18(27(15)13-7-8-13)28-9-14-22-16(20)24-17(23-14)21-12-5-3-11(19)4-6-12/h3-6,10,13H,7-9H2,1-2H3,(H3,20,21,22,23,24). The van der Waals surface area contributed by atoms with Crippen molar-refractivity contribution in [1.29, 1.82) is 0 Å². The number of benzene rings is 1. The van der Waals surface area contributed by atoms with Gasteiger partial charge in [0.25, 0.3) is 0 Å². The molecule has 0 bridgehead atoms. The summed E-state index contributed by atoms with van der Waals surface area (Å²) in [6.45, 7) is 4.24. The first-order chi connectivity index (χ1) is 13.5. The first-order valence-electron chi connectivity index (χ1n) is 9.10. The van der Waals surface area contributed by atoms with Crippen LogP contribution in [-0.4, -0.2) is 29.7 Å². The van der Waals surface area contributed by atoms with Crippen LogP contribution in [0.3, 0.4) is 0 Å². The molecule has 3 N–H and O–H groups in total. The second kappa shape index (κ2) is 7.70. The summed E-state index contributed by atoms with van der Waals surface area (Å²) in [6, 6.07) is 6.43. The Kier molecular flexibility index (Phi) is 5.12. The molecule has 0 atom stereocenters. The summed E-state index contributed by atoms with van der Waals surface area (Å²) >= 11 is 1.54. The van der Waals surface area contributed by atoms with Gasteiger partial charge in [-0.2, -0.15) is 15.0 Å². The number of hydrogen-bond acceptors (Lipinski definition) is 8. The molecule has 1 aromatic carbocycles. The molecule has 2 aromatic heterocycles. The van der Waals surface area contributed by atoms with E-state index in [-0.39, 0.29) is 11.8 Å². The van der Waals surface area contributed by atoms with E-state index in [2.05, 4.69) is 48.9 Å². The van der Waals surface area contributed by atoms with Crippen LogP contribution < -0.4 is 11.1 Å². The van der Waals surface area contributed by atoms with Crippen LogP contribution in [0.1, 0.15) is 50.3 Å². The lowest BCUT2D eigenvalue weighted by molar-refractivity contribution is 0.599. The van der Waals surface area contributed by atoms with Crippen LogP contribution in [0.25, 0.3) is 0 Å². The Morgan fingerprint density at radius 1 is 1.18 bits per heavy atom. The van der Waals surface area contributed by atoms with Crippen molar-refractivity contribution in [3.05, 3.63) is 41.7 Å². The molecular formula is C18H21FN8S. The Labute approximate surface area is 166 Å². The number of halogens is 1. The highest BCUT2D eigenvalue weighted by atomic mass is 32.2. The molecule has 0 aliphatic heterocycles. The number of nitrogen functional groups attached to an aromatic ring is 1.